The van der Waals surface area contributed by atoms with Crippen molar-refractivity contribution in [3.8, 4) is 0 Å². The minimum absolute atomic E-state index is 0.297. The van der Waals surface area contributed by atoms with Crippen LogP contribution < -0.4 is 5.32 Å². The molecule has 6 heteroatoms. The molecule has 1 amide bonds. The van der Waals surface area contributed by atoms with Crippen LogP contribution in [-0.2, 0) is 0 Å². The maximum absolute atomic E-state index is 12.0. The Kier molecular flexibility index (Phi) is 8.79. The van der Waals surface area contributed by atoms with E-state index in [1.807, 2.05) is 0 Å². The first-order valence-corrected chi connectivity index (χ1v) is 7.76. The molecule has 0 unspecified atom stereocenters. The van der Waals surface area contributed by atoms with Crippen LogP contribution in [0.1, 0.15) is 69.6 Å². The van der Waals surface area contributed by atoms with Gasteiger partial charge in [0.15, 0.2) is 6.29 Å². The number of hydrogen-bond donors (Lipinski definition) is 3. The summed E-state index contributed by atoms with van der Waals surface area (Å²) in [5.41, 5.74) is 0.894. The summed E-state index contributed by atoms with van der Waals surface area (Å²) >= 11 is 0. The molecule has 0 radical (unpaired) electrons. The SMILES string of the molecule is O=Cc1cc(C=O)cc(C(=O)NCCCCCCCC(O)O)c1. The Morgan fingerprint density at radius 1 is 0.957 bits per heavy atom. The first-order valence-electron chi connectivity index (χ1n) is 7.76. The minimum atomic E-state index is -1.23. The van der Waals surface area contributed by atoms with Gasteiger partial charge in [0, 0.05) is 23.2 Å². The molecule has 0 spiro atoms. The molecule has 0 aliphatic heterocycles. The predicted molar refractivity (Wildman–Crippen MR) is 85.5 cm³/mol. The van der Waals surface area contributed by atoms with Crippen LogP contribution in [0.4, 0.5) is 0 Å². The van der Waals surface area contributed by atoms with Crippen molar-refractivity contribution in [1.29, 1.82) is 0 Å². The van der Waals surface area contributed by atoms with Crippen LogP contribution in [0.5, 0.6) is 0 Å². The smallest absolute Gasteiger partial charge is 0.251 e. The summed E-state index contributed by atoms with van der Waals surface area (Å²) in [6.07, 6.45) is 4.80. The number of aliphatic hydroxyl groups is 2. The molecule has 0 saturated heterocycles. The Morgan fingerprint density at radius 2 is 1.52 bits per heavy atom. The molecule has 0 saturated carbocycles. The van der Waals surface area contributed by atoms with E-state index in [0.29, 0.717) is 42.2 Å². The van der Waals surface area contributed by atoms with Crippen LogP contribution in [-0.4, -0.2) is 41.5 Å². The number of rotatable bonds is 11. The normalized spacial score (nSPS) is 10.6. The third kappa shape index (κ3) is 7.67. The van der Waals surface area contributed by atoms with Gasteiger partial charge in [-0.15, -0.1) is 0 Å². The summed E-state index contributed by atoms with van der Waals surface area (Å²) < 4.78 is 0. The van der Waals surface area contributed by atoms with Gasteiger partial charge in [-0.05, 0) is 37.5 Å². The quantitative estimate of drug-likeness (QED) is 0.327. The number of aliphatic hydroxyl groups excluding tert-OH is 1. The fourth-order valence-corrected chi connectivity index (χ4v) is 2.23. The van der Waals surface area contributed by atoms with Crippen molar-refractivity contribution in [2.45, 2.75) is 44.8 Å². The Balaban J connectivity index is 2.29. The maximum Gasteiger partial charge on any atom is 0.251 e. The molecule has 0 aliphatic rings. The van der Waals surface area contributed by atoms with Crippen molar-refractivity contribution >= 4 is 18.5 Å². The molecule has 0 atom stereocenters. The standard InChI is InChI=1S/C17H23NO5/c19-11-13-8-14(12-20)10-15(9-13)17(23)18-7-5-3-1-2-4-6-16(21)22/h8-12,16,21-22H,1-7H2,(H,18,23). The van der Waals surface area contributed by atoms with Gasteiger partial charge in [-0.2, -0.15) is 0 Å². The van der Waals surface area contributed by atoms with Crippen LogP contribution in [0, 0.1) is 0 Å². The molecule has 1 aromatic carbocycles. The molecular formula is C17H23NO5. The Bertz CT molecular complexity index is 501. The molecule has 23 heavy (non-hydrogen) atoms. The molecule has 0 bridgehead atoms. The van der Waals surface area contributed by atoms with Gasteiger partial charge in [0.1, 0.15) is 12.6 Å². The summed E-state index contributed by atoms with van der Waals surface area (Å²) in [7, 11) is 0. The second-order valence-electron chi connectivity index (χ2n) is 5.42. The zero-order chi connectivity index (χ0) is 17.1. The summed E-state index contributed by atoms with van der Waals surface area (Å²) in [6, 6.07) is 4.34. The predicted octanol–water partition coefficient (Wildman–Crippen LogP) is 1.69. The van der Waals surface area contributed by atoms with E-state index >= 15 is 0 Å². The van der Waals surface area contributed by atoms with Crippen molar-refractivity contribution in [3.63, 3.8) is 0 Å². The van der Waals surface area contributed by atoms with Crippen LogP contribution in [0.25, 0.3) is 0 Å². The van der Waals surface area contributed by atoms with Crippen LogP contribution in [0.15, 0.2) is 18.2 Å². The van der Waals surface area contributed by atoms with E-state index in [-0.39, 0.29) is 5.91 Å². The van der Waals surface area contributed by atoms with E-state index in [9.17, 15) is 14.4 Å². The molecular weight excluding hydrogens is 298 g/mol. The Labute approximate surface area is 135 Å². The van der Waals surface area contributed by atoms with Gasteiger partial charge in [-0.3, -0.25) is 14.4 Å². The van der Waals surface area contributed by atoms with Gasteiger partial charge in [0.05, 0.1) is 0 Å². The average molecular weight is 321 g/mol. The highest BCUT2D eigenvalue weighted by atomic mass is 16.5. The monoisotopic (exact) mass is 321 g/mol. The second-order valence-corrected chi connectivity index (χ2v) is 5.42. The van der Waals surface area contributed by atoms with Gasteiger partial charge in [0.2, 0.25) is 0 Å². The molecule has 0 heterocycles. The van der Waals surface area contributed by atoms with Crippen molar-refractivity contribution in [3.05, 3.63) is 34.9 Å². The van der Waals surface area contributed by atoms with E-state index in [2.05, 4.69) is 5.32 Å². The highest BCUT2D eigenvalue weighted by Crippen LogP contribution is 2.09. The Hall–Kier alpha value is -2.05. The van der Waals surface area contributed by atoms with E-state index in [1.165, 1.54) is 18.2 Å². The number of benzene rings is 1. The Morgan fingerprint density at radius 3 is 2.09 bits per heavy atom. The van der Waals surface area contributed by atoms with Gasteiger partial charge in [-0.1, -0.05) is 19.3 Å². The lowest BCUT2D eigenvalue weighted by Gasteiger charge is -2.07. The zero-order valence-electron chi connectivity index (χ0n) is 13.0. The topological polar surface area (TPSA) is 104 Å². The highest BCUT2D eigenvalue weighted by molar-refractivity contribution is 5.97. The van der Waals surface area contributed by atoms with Gasteiger partial charge in [0.25, 0.3) is 5.91 Å². The fourth-order valence-electron chi connectivity index (χ4n) is 2.23. The van der Waals surface area contributed by atoms with Gasteiger partial charge >= 0.3 is 0 Å². The lowest BCUT2D eigenvalue weighted by Crippen LogP contribution is -2.24. The van der Waals surface area contributed by atoms with Gasteiger partial charge < -0.3 is 15.5 Å². The number of hydrogen-bond acceptors (Lipinski definition) is 5. The van der Waals surface area contributed by atoms with Crippen molar-refractivity contribution < 1.29 is 24.6 Å². The van der Waals surface area contributed by atoms with Gasteiger partial charge in [-0.25, -0.2) is 0 Å². The van der Waals surface area contributed by atoms with Crippen LogP contribution in [0.3, 0.4) is 0 Å². The largest absolute Gasteiger partial charge is 0.368 e. The van der Waals surface area contributed by atoms with E-state index in [1.54, 1.807) is 0 Å². The second kappa shape index (κ2) is 10.6. The molecule has 126 valence electrons. The zero-order valence-corrected chi connectivity index (χ0v) is 13.0. The van der Waals surface area contributed by atoms with Crippen molar-refractivity contribution in [2.24, 2.45) is 0 Å². The molecule has 0 aliphatic carbocycles. The third-order valence-electron chi connectivity index (χ3n) is 3.44. The lowest BCUT2D eigenvalue weighted by molar-refractivity contribution is -0.0466. The van der Waals surface area contributed by atoms with Crippen LogP contribution >= 0.6 is 0 Å². The third-order valence-corrected chi connectivity index (χ3v) is 3.44. The number of carbonyl (C=O) groups excluding carboxylic acids is 3. The minimum Gasteiger partial charge on any atom is -0.368 e. The first kappa shape index (κ1) is 19.0. The highest BCUT2D eigenvalue weighted by Gasteiger charge is 2.08. The summed E-state index contributed by atoms with van der Waals surface area (Å²) in [5.74, 6) is -0.305. The number of unbranched alkanes of at least 4 members (excludes halogenated alkanes) is 4. The van der Waals surface area contributed by atoms with E-state index in [4.69, 9.17) is 10.2 Å². The number of amides is 1. The first-order chi connectivity index (χ1) is 11.1. The van der Waals surface area contributed by atoms with Crippen molar-refractivity contribution in [1.82, 2.24) is 5.32 Å². The van der Waals surface area contributed by atoms with Crippen molar-refractivity contribution in [2.75, 3.05) is 6.54 Å². The average Bonchev–Trinajstić information content (AvgIpc) is 2.56. The van der Waals surface area contributed by atoms with E-state index in [0.717, 1.165) is 32.1 Å². The molecule has 3 N–H and O–H groups in total. The molecule has 1 aromatic rings. The lowest BCUT2D eigenvalue weighted by atomic mass is 10.1. The number of aldehydes is 2. The summed E-state index contributed by atoms with van der Waals surface area (Å²) in [4.78, 5) is 33.6. The fraction of sp³-hybridized carbons (Fsp3) is 0.471. The molecule has 6 nitrogen and oxygen atoms in total. The molecule has 0 aromatic heterocycles. The number of nitrogens with one attached hydrogen (secondary N) is 1. The molecule has 1 rings (SSSR count). The van der Waals surface area contributed by atoms with E-state index < -0.39 is 6.29 Å². The summed E-state index contributed by atoms with van der Waals surface area (Å²) in [5, 5.41) is 20.2. The summed E-state index contributed by atoms with van der Waals surface area (Å²) in [6.45, 7) is 0.517. The maximum atomic E-state index is 12.0. The van der Waals surface area contributed by atoms with Crippen LogP contribution in [0.2, 0.25) is 0 Å². The molecule has 0 fully saturated rings. The number of carbonyl (C=O) groups is 3.